The lowest BCUT2D eigenvalue weighted by Gasteiger charge is -2.29. The van der Waals surface area contributed by atoms with Crippen LogP contribution < -0.4 is 0 Å². The van der Waals surface area contributed by atoms with Crippen LogP contribution in [-0.4, -0.2) is 36.4 Å². The van der Waals surface area contributed by atoms with Crippen molar-refractivity contribution in [2.75, 3.05) is 20.0 Å². The Labute approximate surface area is 178 Å². The van der Waals surface area contributed by atoms with Crippen LogP contribution in [0.5, 0.6) is 0 Å². The summed E-state index contributed by atoms with van der Waals surface area (Å²) in [6.45, 7) is 0. The Morgan fingerprint density at radius 3 is 1.11 bits per heavy atom. The predicted octanol–water partition coefficient (Wildman–Crippen LogP) is 6.18. The van der Waals surface area contributed by atoms with Gasteiger partial charge in [0.25, 0.3) is 5.97 Å². The molecule has 0 fully saturated rings. The van der Waals surface area contributed by atoms with Crippen LogP contribution in [0.2, 0.25) is 0 Å². The lowest BCUT2D eigenvalue weighted by molar-refractivity contribution is -0.325. The highest BCUT2D eigenvalue weighted by molar-refractivity contribution is 7.80. The summed E-state index contributed by atoms with van der Waals surface area (Å²) in [4.78, 5) is 0. The molecular weight excluding hydrogens is 372 g/mol. The highest BCUT2D eigenvalue weighted by Crippen LogP contribution is 2.21. The second-order valence-corrected chi connectivity index (χ2v) is 8.63. The molecule has 0 heterocycles. The maximum atomic E-state index is 5.46. The molecule has 0 aliphatic rings. The standard InChI is InChI=1S/C22H48O3SSi/c1-23-22(24-2,25-27)20-18-16-14-12-10-8-6-4-3-5-7-9-11-13-15-17-19-21-26/h26H,3-21H2,1-2,27H3. The van der Waals surface area contributed by atoms with Gasteiger partial charge in [-0.3, -0.25) is 0 Å². The number of hydrogen-bond donors (Lipinski definition) is 1. The smallest absolute Gasteiger partial charge is 0.272 e. The Kier molecular flexibility index (Phi) is 21.5. The monoisotopic (exact) mass is 420 g/mol. The van der Waals surface area contributed by atoms with Gasteiger partial charge in [0, 0.05) is 20.6 Å². The minimum absolute atomic E-state index is 0.634. The first-order valence-corrected chi connectivity index (χ1v) is 13.0. The fraction of sp³-hybridized carbons (Fsp3) is 1.00. The van der Waals surface area contributed by atoms with Gasteiger partial charge in [-0.25, -0.2) is 0 Å². The lowest BCUT2D eigenvalue weighted by atomic mass is 10.0. The van der Waals surface area contributed by atoms with Gasteiger partial charge in [0.1, 0.15) is 0 Å². The Hall–Kier alpha value is 0.447. The average Bonchev–Trinajstić information content (AvgIpc) is 2.70. The van der Waals surface area contributed by atoms with Gasteiger partial charge >= 0.3 is 0 Å². The molecule has 0 saturated heterocycles. The first-order valence-electron chi connectivity index (χ1n) is 11.5. The van der Waals surface area contributed by atoms with Gasteiger partial charge in [0.05, 0.1) is 0 Å². The summed E-state index contributed by atoms with van der Waals surface area (Å²) in [5.41, 5.74) is 0. The largest absolute Gasteiger partial charge is 0.380 e. The number of thiol groups is 1. The van der Waals surface area contributed by atoms with Crippen LogP contribution in [0, 0.1) is 0 Å². The van der Waals surface area contributed by atoms with Crippen molar-refractivity contribution in [2.24, 2.45) is 0 Å². The van der Waals surface area contributed by atoms with Crippen LogP contribution in [0.1, 0.15) is 116 Å². The van der Waals surface area contributed by atoms with Gasteiger partial charge in [-0.2, -0.15) is 12.6 Å². The van der Waals surface area contributed by atoms with Crippen LogP contribution >= 0.6 is 12.6 Å². The van der Waals surface area contributed by atoms with Crippen molar-refractivity contribution in [3.63, 3.8) is 0 Å². The molecule has 0 bridgehead atoms. The van der Waals surface area contributed by atoms with Gasteiger partial charge in [-0.1, -0.05) is 96.3 Å². The van der Waals surface area contributed by atoms with Gasteiger partial charge in [-0.05, 0) is 18.6 Å². The molecule has 0 rings (SSSR count). The van der Waals surface area contributed by atoms with E-state index in [4.69, 9.17) is 13.9 Å². The third kappa shape index (κ3) is 17.1. The molecule has 0 saturated carbocycles. The zero-order chi connectivity index (χ0) is 20.1. The molecule has 0 radical (unpaired) electrons. The normalized spacial score (nSPS) is 12.1. The number of methoxy groups -OCH3 is 2. The van der Waals surface area contributed by atoms with Crippen LogP contribution in [0.15, 0.2) is 0 Å². The van der Waals surface area contributed by atoms with E-state index < -0.39 is 5.97 Å². The number of hydrogen-bond acceptors (Lipinski definition) is 4. The van der Waals surface area contributed by atoms with Gasteiger partial charge in [0.15, 0.2) is 10.5 Å². The molecule has 0 spiro atoms. The van der Waals surface area contributed by atoms with E-state index in [1.54, 1.807) is 14.2 Å². The summed E-state index contributed by atoms with van der Waals surface area (Å²) in [7, 11) is 3.95. The molecule has 164 valence electrons. The number of rotatable bonds is 22. The lowest BCUT2D eigenvalue weighted by Crippen LogP contribution is -2.36. The summed E-state index contributed by atoms with van der Waals surface area (Å²) >= 11 is 4.26. The fourth-order valence-electron chi connectivity index (χ4n) is 3.66. The van der Waals surface area contributed by atoms with Crippen LogP contribution in [0.25, 0.3) is 0 Å². The first-order chi connectivity index (χ1) is 13.2. The van der Waals surface area contributed by atoms with Gasteiger partial charge in [0.2, 0.25) is 0 Å². The van der Waals surface area contributed by atoms with Crippen LogP contribution in [0.4, 0.5) is 0 Å². The summed E-state index contributed by atoms with van der Waals surface area (Å²) in [6, 6.07) is 0. The second kappa shape index (κ2) is 21.2. The molecule has 0 aliphatic carbocycles. The molecular formula is C22H48O3SSi. The summed E-state index contributed by atoms with van der Waals surface area (Å²) in [5, 5.41) is 0. The maximum absolute atomic E-state index is 5.46. The molecule has 0 N–H and O–H groups in total. The van der Waals surface area contributed by atoms with Gasteiger partial charge in [-0.15, -0.1) is 0 Å². The van der Waals surface area contributed by atoms with E-state index in [0.717, 1.165) is 18.6 Å². The topological polar surface area (TPSA) is 27.7 Å². The van der Waals surface area contributed by atoms with Crippen molar-refractivity contribution in [1.29, 1.82) is 0 Å². The molecule has 0 aromatic heterocycles. The fourth-order valence-corrected chi connectivity index (χ4v) is 4.42. The molecule has 5 heteroatoms. The van der Waals surface area contributed by atoms with Gasteiger partial charge < -0.3 is 13.9 Å². The Balaban J connectivity index is 3.19. The van der Waals surface area contributed by atoms with Crippen molar-refractivity contribution in [3.05, 3.63) is 0 Å². The van der Waals surface area contributed by atoms with Crippen molar-refractivity contribution in [3.8, 4) is 0 Å². The molecule has 0 aliphatic heterocycles. The van der Waals surface area contributed by atoms with Crippen LogP contribution in [-0.2, 0) is 13.9 Å². The highest BCUT2D eigenvalue weighted by atomic mass is 32.1. The molecule has 0 atom stereocenters. The van der Waals surface area contributed by atoms with Crippen molar-refractivity contribution in [2.45, 2.75) is 122 Å². The Morgan fingerprint density at radius 2 is 0.852 bits per heavy atom. The minimum atomic E-state index is -0.779. The van der Waals surface area contributed by atoms with E-state index in [0.29, 0.717) is 10.5 Å². The van der Waals surface area contributed by atoms with Crippen LogP contribution in [0.3, 0.4) is 0 Å². The SMILES string of the molecule is COC(CCCCCCCCCCCCCCCCCCCS)(OC)O[SiH3]. The molecule has 0 unspecified atom stereocenters. The molecule has 27 heavy (non-hydrogen) atoms. The zero-order valence-electron chi connectivity index (χ0n) is 18.6. The van der Waals surface area contributed by atoms with E-state index in [1.807, 2.05) is 0 Å². The highest BCUT2D eigenvalue weighted by Gasteiger charge is 2.27. The predicted molar refractivity (Wildman–Crippen MR) is 125 cm³/mol. The Morgan fingerprint density at radius 1 is 0.556 bits per heavy atom. The molecule has 3 nitrogen and oxygen atoms in total. The number of ether oxygens (including phenoxy) is 2. The maximum Gasteiger partial charge on any atom is 0.272 e. The van der Waals surface area contributed by atoms with E-state index in [-0.39, 0.29) is 0 Å². The first kappa shape index (κ1) is 27.4. The van der Waals surface area contributed by atoms with Crippen molar-refractivity contribution in [1.82, 2.24) is 0 Å². The van der Waals surface area contributed by atoms with Crippen molar-refractivity contribution >= 4 is 23.1 Å². The summed E-state index contributed by atoms with van der Waals surface area (Å²) < 4.78 is 16.2. The zero-order valence-corrected chi connectivity index (χ0v) is 21.5. The van der Waals surface area contributed by atoms with Crippen molar-refractivity contribution < 1.29 is 13.9 Å². The second-order valence-electron chi connectivity index (χ2n) is 7.78. The third-order valence-corrected chi connectivity index (χ3v) is 6.51. The van der Waals surface area contributed by atoms with E-state index in [2.05, 4.69) is 12.6 Å². The molecule has 0 aromatic carbocycles. The van der Waals surface area contributed by atoms with E-state index in [9.17, 15) is 0 Å². The number of unbranched alkanes of at least 4 members (excludes halogenated alkanes) is 16. The summed E-state index contributed by atoms with van der Waals surface area (Å²) in [6.07, 6.45) is 24.3. The third-order valence-electron chi connectivity index (χ3n) is 5.57. The molecule has 0 aromatic rings. The average molecular weight is 421 g/mol. The Bertz CT molecular complexity index is 280. The minimum Gasteiger partial charge on any atom is -0.380 e. The quantitative estimate of drug-likeness (QED) is 0.0980. The van der Waals surface area contributed by atoms with E-state index in [1.165, 1.54) is 103 Å². The molecule has 0 amide bonds. The summed E-state index contributed by atoms with van der Waals surface area (Å²) in [5.74, 6) is 0.275. The van der Waals surface area contributed by atoms with E-state index >= 15 is 0 Å².